The van der Waals surface area contributed by atoms with E-state index in [0.29, 0.717) is 11.3 Å². The SMILES string of the molecule is Cc1ccccc1-n1nc(-c2cccc(C(F)(F)F)c2)c2c1NCC2. The standard InChI is InChI=1S/C19H16F3N3/c1-12-5-2-3-8-16(12)25-18-15(9-10-23-18)17(24-25)13-6-4-7-14(11-13)19(20,21)22/h2-8,11,23H,9-10H2,1H3. The lowest BCUT2D eigenvalue weighted by atomic mass is 10.0. The van der Waals surface area contributed by atoms with Crippen molar-refractivity contribution in [1.82, 2.24) is 9.78 Å². The molecule has 0 fully saturated rings. The highest BCUT2D eigenvalue weighted by Crippen LogP contribution is 2.37. The molecule has 2 heterocycles. The van der Waals surface area contributed by atoms with Gasteiger partial charge >= 0.3 is 6.18 Å². The first kappa shape index (κ1) is 15.7. The molecular weight excluding hydrogens is 327 g/mol. The number of aromatic nitrogens is 2. The Morgan fingerprint density at radius 1 is 1.08 bits per heavy atom. The van der Waals surface area contributed by atoms with Crippen LogP contribution in [0.25, 0.3) is 16.9 Å². The van der Waals surface area contributed by atoms with Crippen molar-refractivity contribution in [3.63, 3.8) is 0 Å². The molecule has 1 aliphatic rings. The summed E-state index contributed by atoms with van der Waals surface area (Å²) in [6, 6.07) is 13.2. The summed E-state index contributed by atoms with van der Waals surface area (Å²) in [6.07, 6.45) is -3.62. The molecule has 1 aromatic heterocycles. The van der Waals surface area contributed by atoms with Crippen molar-refractivity contribution in [2.75, 3.05) is 11.9 Å². The number of anilines is 1. The van der Waals surface area contributed by atoms with Crippen LogP contribution in [0.5, 0.6) is 0 Å². The zero-order valence-corrected chi connectivity index (χ0v) is 13.6. The molecule has 4 rings (SSSR count). The molecule has 0 radical (unpaired) electrons. The number of halogens is 3. The minimum absolute atomic E-state index is 0.488. The number of fused-ring (bicyclic) bond motifs is 1. The Kier molecular flexibility index (Phi) is 3.56. The summed E-state index contributed by atoms with van der Waals surface area (Å²) in [4.78, 5) is 0. The van der Waals surface area contributed by atoms with Gasteiger partial charge in [0.25, 0.3) is 0 Å². The smallest absolute Gasteiger partial charge is 0.369 e. The Balaban J connectivity index is 1.88. The Morgan fingerprint density at radius 2 is 1.88 bits per heavy atom. The van der Waals surface area contributed by atoms with Gasteiger partial charge in [0.2, 0.25) is 0 Å². The lowest BCUT2D eigenvalue weighted by Crippen LogP contribution is -2.06. The summed E-state index contributed by atoms with van der Waals surface area (Å²) < 4.78 is 40.9. The Labute approximate surface area is 143 Å². The van der Waals surface area contributed by atoms with Gasteiger partial charge in [-0.25, -0.2) is 4.68 Å². The molecule has 0 atom stereocenters. The number of benzene rings is 2. The van der Waals surface area contributed by atoms with Crippen LogP contribution in [-0.2, 0) is 12.6 Å². The number of alkyl halides is 3. The fourth-order valence-electron chi connectivity index (χ4n) is 3.22. The van der Waals surface area contributed by atoms with Crippen LogP contribution in [0.4, 0.5) is 19.0 Å². The summed E-state index contributed by atoms with van der Waals surface area (Å²) >= 11 is 0. The zero-order chi connectivity index (χ0) is 17.6. The minimum Gasteiger partial charge on any atom is -0.369 e. The van der Waals surface area contributed by atoms with Gasteiger partial charge in [-0.05, 0) is 37.1 Å². The first-order chi connectivity index (χ1) is 11.9. The lowest BCUT2D eigenvalue weighted by molar-refractivity contribution is -0.137. The molecule has 3 aromatic rings. The third kappa shape index (κ3) is 2.67. The molecule has 128 valence electrons. The lowest BCUT2D eigenvalue weighted by Gasteiger charge is -2.09. The van der Waals surface area contributed by atoms with Crippen molar-refractivity contribution in [2.24, 2.45) is 0 Å². The van der Waals surface area contributed by atoms with Gasteiger partial charge in [-0.1, -0.05) is 30.3 Å². The Morgan fingerprint density at radius 3 is 2.64 bits per heavy atom. The molecule has 25 heavy (non-hydrogen) atoms. The summed E-state index contributed by atoms with van der Waals surface area (Å²) in [6.45, 7) is 2.74. The van der Waals surface area contributed by atoms with Gasteiger partial charge in [-0.15, -0.1) is 0 Å². The summed E-state index contributed by atoms with van der Waals surface area (Å²) in [5.41, 5.74) is 3.37. The van der Waals surface area contributed by atoms with E-state index >= 15 is 0 Å². The monoisotopic (exact) mass is 343 g/mol. The summed E-state index contributed by atoms with van der Waals surface area (Å²) in [5, 5.41) is 7.95. The largest absolute Gasteiger partial charge is 0.416 e. The summed E-state index contributed by atoms with van der Waals surface area (Å²) in [7, 11) is 0. The van der Waals surface area contributed by atoms with Crippen molar-refractivity contribution in [3.8, 4) is 16.9 Å². The predicted molar refractivity (Wildman–Crippen MR) is 90.9 cm³/mol. The van der Waals surface area contributed by atoms with E-state index in [1.54, 1.807) is 10.7 Å². The Hall–Kier alpha value is -2.76. The highest BCUT2D eigenvalue weighted by Gasteiger charge is 2.31. The quantitative estimate of drug-likeness (QED) is 0.722. The highest BCUT2D eigenvalue weighted by molar-refractivity contribution is 5.73. The second-order valence-electron chi connectivity index (χ2n) is 6.13. The van der Waals surface area contributed by atoms with Gasteiger partial charge in [0.1, 0.15) is 5.82 Å². The number of hydrogen-bond donors (Lipinski definition) is 1. The first-order valence-electron chi connectivity index (χ1n) is 8.04. The van der Waals surface area contributed by atoms with Crippen molar-refractivity contribution < 1.29 is 13.2 Å². The van der Waals surface area contributed by atoms with Crippen LogP contribution in [-0.4, -0.2) is 16.3 Å². The maximum Gasteiger partial charge on any atom is 0.416 e. The van der Waals surface area contributed by atoms with E-state index < -0.39 is 11.7 Å². The Bertz CT molecular complexity index is 941. The zero-order valence-electron chi connectivity index (χ0n) is 13.6. The molecule has 1 N–H and O–H groups in total. The van der Waals surface area contributed by atoms with Crippen LogP contribution in [0.1, 0.15) is 16.7 Å². The second-order valence-corrected chi connectivity index (χ2v) is 6.13. The second kappa shape index (κ2) is 5.65. The van der Waals surface area contributed by atoms with Crippen LogP contribution in [0, 0.1) is 6.92 Å². The van der Waals surface area contributed by atoms with Crippen molar-refractivity contribution in [2.45, 2.75) is 19.5 Å². The number of rotatable bonds is 2. The van der Waals surface area contributed by atoms with E-state index in [1.165, 1.54) is 12.1 Å². The van der Waals surface area contributed by atoms with E-state index in [-0.39, 0.29) is 0 Å². The molecule has 6 heteroatoms. The van der Waals surface area contributed by atoms with Gasteiger partial charge < -0.3 is 5.32 Å². The average molecular weight is 343 g/mol. The number of nitrogens with one attached hydrogen (secondary N) is 1. The third-order valence-corrected chi connectivity index (χ3v) is 4.46. The molecule has 0 saturated carbocycles. The number of aryl methyl sites for hydroxylation is 1. The molecule has 0 bridgehead atoms. The molecule has 2 aromatic carbocycles. The first-order valence-corrected chi connectivity index (χ1v) is 8.04. The van der Waals surface area contributed by atoms with Gasteiger partial charge in [0.05, 0.1) is 16.9 Å². The van der Waals surface area contributed by atoms with Gasteiger partial charge in [0, 0.05) is 17.7 Å². The van der Waals surface area contributed by atoms with Crippen LogP contribution in [0.2, 0.25) is 0 Å². The van der Waals surface area contributed by atoms with E-state index in [9.17, 15) is 13.2 Å². The molecule has 1 aliphatic heterocycles. The van der Waals surface area contributed by atoms with Crippen molar-refractivity contribution in [3.05, 3.63) is 65.2 Å². The van der Waals surface area contributed by atoms with Crippen molar-refractivity contribution >= 4 is 5.82 Å². The molecule has 0 saturated heterocycles. The average Bonchev–Trinajstić information content (AvgIpc) is 3.17. The van der Waals surface area contributed by atoms with Gasteiger partial charge in [-0.3, -0.25) is 0 Å². The fraction of sp³-hybridized carbons (Fsp3) is 0.211. The van der Waals surface area contributed by atoms with E-state index in [0.717, 1.165) is 41.7 Å². The van der Waals surface area contributed by atoms with E-state index in [2.05, 4.69) is 10.4 Å². The normalized spacial score (nSPS) is 13.6. The van der Waals surface area contributed by atoms with Crippen LogP contribution in [0.15, 0.2) is 48.5 Å². The maximum absolute atomic E-state index is 13.0. The number of para-hydroxylation sites is 1. The highest BCUT2D eigenvalue weighted by atomic mass is 19.4. The predicted octanol–water partition coefficient (Wildman–Crippen LogP) is 4.83. The molecule has 0 amide bonds. The topological polar surface area (TPSA) is 29.9 Å². The third-order valence-electron chi connectivity index (χ3n) is 4.46. The van der Waals surface area contributed by atoms with Gasteiger partial charge in [-0.2, -0.15) is 18.3 Å². The molecule has 0 spiro atoms. The van der Waals surface area contributed by atoms with Crippen LogP contribution < -0.4 is 5.32 Å². The fourth-order valence-corrected chi connectivity index (χ4v) is 3.22. The van der Waals surface area contributed by atoms with Crippen LogP contribution >= 0.6 is 0 Å². The molecule has 0 aliphatic carbocycles. The van der Waals surface area contributed by atoms with Gasteiger partial charge in [0.15, 0.2) is 0 Å². The minimum atomic E-state index is -4.37. The van der Waals surface area contributed by atoms with E-state index in [4.69, 9.17) is 0 Å². The van der Waals surface area contributed by atoms with E-state index in [1.807, 2.05) is 31.2 Å². The molecule has 0 unspecified atom stereocenters. The molecule has 3 nitrogen and oxygen atoms in total. The summed E-state index contributed by atoms with van der Waals surface area (Å²) in [5.74, 6) is 0.863. The number of hydrogen-bond acceptors (Lipinski definition) is 2. The van der Waals surface area contributed by atoms with Crippen LogP contribution in [0.3, 0.4) is 0 Å². The van der Waals surface area contributed by atoms with Crippen molar-refractivity contribution in [1.29, 1.82) is 0 Å². The molecular formula is C19H16F3N3. The maximum atomic E-state index is 13.0. The number of nitrogens with zero attached hydrogens (tertiary/aromatic N) is 2.